The molecule has 0 saturated carbocycles. The van der Waals surface area contributed by atoms with Crippen molar-refractivity contribution < 1.29 is 14.0 Å². The Morgan fingerprint density at radius 2 is 1.91 bits per heavy atom. The lowest BCUT2D eigenvalue weighted by atomic mass is 10.0. The molecule has 1 aromatic carbocycles. The lowest BCUT2D eigenvalue weighted by Crippen LogP contribution is -2.57. The molecule has 1 N–H and O–H groups in total. The van der Waals surface area contributed by atoms with Gasteiger partial charge in [-0.25, -0.2) is 4.39 Å². The standard InChI is InChI=1S/C25H23FN6O2/c1-17(33)32-16-22(26)13-25(32,24(34)28-14-18-4-8-27-9-5-18)31-11-7-20-12-19(2-3-23(20)31)21-6-10-29-30-15-21/h2-12,15,22H,13-14,16H2,1H3,(H,28,34). The van der Waals surface area contributed by atoms with Gasteiger partial charge in [-0.05, 0) is 47.5 Å². The lowest BCUT2D eigenvalue weighted by molar-refractivity contribution is -0.149. The van der Waals surface area contributed by atoms with Crippen molar-refractivity contribution in [3.05, 3.63) is 79.0 Å². The predicted octanol–water partition coefficient (Wildman–Crippen LogP) is 3.05. The molecule has 1 saturated heterocycles. The van der Waals surface area contributed by atoms with E-state index in [2.05, 4.69) is 20.5 Å². The van der Waals surface area contributed by atoms with E-state index < -0.39 is 17.7 Å². The topological polar surface area (TPSA) is 93.0 Å². The summed E-state index contributed by atoms with van der Waals surface area (Å²) in [5, 5.41) is 11.5. The highest BCUT2D eigenvalue weighted by molar-refractivity contribution is 5.93. The van der Waals surface area contributed by atoms with Gasteiger partial charge in [0.05, 0.1) is 24.5 Å². The lowest BCUT2D eigenvalue weighted by Gasteiger charge is -2.38. The number of hydrogen-bond donors (Lipinski definition) is 1. The molecule has 5 rings (SSSR count). The van der Waals surface area contributed by atoms with Gasteiger partial charge in [0.2, 0.25) is 11.6 Å². The first-order valence-electron chi connectivity index (χ1n) is 11.0. The maximum absolute atomic E-state index is 14.8. The van der Waals surface area contributed by atoms with Crippen LogP contribution >= 0.6 is 0 Å². The number of halogens is 1. The van der Waals surface area contributed by atoms with E-state index >= 15 is 0 Å². The summed E-state index contributed by atoms with van der Waals surface area (Å²) in [5.74, 6) is -0.792. The molecule has 3 aromatic heterocycles. The number of pyridine rings is 1. The molecular formula is C25H23FN6O2. The number of amides is 2. The number of nitrogens with one attached hydrogen (secondary N) is 1. The number of carbonyl (C=O) groups is 2. The van der Waals surface area contributed by atoms with Crippen LogP contribution in [0, 0.1) is 0 Å². The number of benzene rings is 1. The van der Waals surface area contributed by atoms with Crippen molar-refractivity contribution in [2.24, 2.45) is 0 Å². The van der Waals surface area contributed by atoms with Gasteiger partial charge >= 0.3 is 0 Å². The average molecular weight is 458 g/mol. The van der Waals surface area contributed by atoms with E-state index in [4.69, 9.17) is 0 Å². The third-order valence-corrected chi connectivity index (χ3v) is 6.29. The summed E-state index contributed by atoms with van der Waals surface area (Å²) in [6.07, 6.45) is 6.87. The fraction of sp³-hybridized carbons (Fsp3) is 0.240. The molecule has 4 heterocycles. The second-order valence-corrected chi connectivity index (χ2v) is 8.38. The number of hydrogen-bond acceptors (Lipinski definition) is 5. The molecule has 2 unspecified atom stereocenters. The molecule has 0 spiro atoms. The van der Waals surface area contributed by atoms with Crippen LogP contribution < -0.4 is 5.32 Å². The Bertz CT molecular complexity index is 1340. The number of fused-ring (bicyclic) bond motifs is 1. The number of aromatic nitrogens is 4. The minimum absolute atomic E-state index is 0.130. The van der Waals surface area contributed by atoms with Gasteiger partial charge < -0.3 is 14.8 Å². The van der Waals surface area contributed by atoms with Crippen molar-refractivity contribution in [2.75, 3.05) is 6.54 Å². The quantitative estimate of drug-likeness (QED) is 0.496. The highest BCUT2D eigenvalue weighted by Crippen LogP contribution is 2.39. The molecule has 2 amide bonds. The van der Waals surface area contributed by atoms with Gasteiger partial charge in [-0.2, -0.15) is 10.2 Å². The highest BCUT2D eigenvalue weighted by Gasteiger charge is 2.54. The summed E-state index contributed by atoms with van der Waals surface area (Å²) in [4.78, 5) is 31.6. The van der Waals surface area contributed by atoms with Crippen LogP contribution in [0.1, 0.15) is 18.9 Å². The molecule has 172 valence electrons. The third-order valence-electron chi connectivity index (χ3n) is 6.29. The average Bonchev–Trinajstić information content (AvgIpc) is 3.45. The van der Waals surface area contributed by atoms with Crippen molar-refractivity contribution in [1.82, 2.24) is 30.0 Å². The Labute approximate surface area is 195 Å². The zero-order valence-electron chi connectivity index (χ0n) is 18.6. The van der Waals surface area contributed by atoms with Crippen LogP contribution in [0.2, 0.25) is 0 Å². The zero-order valence-corrected chi connectivity index (χ0v) is 18.6. The summed E-state index contributed by atoms with van der Waals surface area (Å²) < 4.78 is 16.5. The molecule has 4 aromatic rings. The molecule has 9 heteroatoms. The van der Waals surface area contributed by atoms with Crippen LogP contribution in [0.25, 0.3) is 22.0 Å². The fourth-order valence-electron chi connectivity index (χ4n) is 4.71. The molecule has 34 heavy (non-hydrogen) atoms. The second kappa shape index (κ2) is 8.66. The number of alkyl halides is 1. The minimum Gasteiger partial charge on any atom is -0.348 e. The summed E-state index contributed by atoms with van der Waals surface area (Å²) >= 11 is 0. The normalized spacial score (nSPS) is 19.9. The minimum atomic E-state index is -1.51. The van der Waals surface area contributed by atoms with E-state index in [1.165, 1.54) is 11.8 Å². The van der Waals surface area contributed by atoms with Crippen molar-refractivity contribution in [3.8, 4) is 11.1 Å². The Balaban J connectivity index is 1.58. The van der Waals surface area contributed by atoms with E-state index in [1.807, 2.05) is 30.3 Å². The van der Waals surface area contributed by atoms with E-state index in [9.17, 15) is 14.0 Å². The molecule has 1 aliphatic heterocycles. The number of likely N-dealkylation sites (tertiary alicyclic amines) is 1. The van der Waals surface area contributed by atoms with Crippen molar-refractivity contribution in [1.29, 1.82) is 0 Å². The van der Waals surface area contributed by atoms with Gasteiger partial charge in [0.1, 0.15) is 6.17 Å². The van der Waals surface area contributed by atoms with Crippen LogP contribution in [0.3, 0.4) is 0 Å². The molecule has 2 atom stereocenters. The first kappa shape index (κ1) is 21.7. The van der Waals surface area contributed by atoms with E-state index in [-0.39, 0.29) is 25.4 Å². The Hall–Kier alpha value is -4.14. The molecule has 1 fully saturated rings. The summed E-state index contributed by atoms with van der Waals surface area (Å²) in [5.41, 5.74) is 1.92. The number of nitrogens with zero attached hydrogens (tertiary/aromatic N) is 5. The van der Waals surface area contributed by atoms with Gasteiger partial charge in [0, 0.05) is 49.4 Å². The molecule has 8 nitrogen and oxygen atoms in total. The smallest absolute Gasteiger partial charge is 0.267 e. The molecule has 0 radical (unpaired) electrons. The third kappa shape index (κ3) is 3.68. The Morgan fingerprint density at radius 3 is 2.65 bits per heavy atom. The first-order valence-corrected chi connectivity index (χ1v) is 11.0. The Kier molecular flexibility index (Phi) is 5.53. The maximum Gasteiger partial charge on any atom is 0.267 e. The van der Waals surface area contributed by atoms with Gasteiger partial charge in [0.25, 0.3) is 5.91 Å². The van der Waals surface area contributed by atoms with Gasteiger partial charge in [-0.15, -0.1) is 0 Å². The van der Waals surface area contributed by atoms with Crippen LogP contribution in [0.15, 0.2) is 73.4 Å². The Morgan fingerprint density at radius 1 is 1.09 bits per heavy atom. The second-order valence-electron chi connectivity index (χ2n) is 8.38. The van der Waals surface area contributed by atoms with Crippen LogP contribution in [-0.2, 0) is 21.8 Å². The molecular weight excluding hydrogens is 435 g/mol. The fourth-order valence-corrected chi connectivity index (χ4v) is 4.71. The van der Waals surface area contributed by atoms with Gasteiger partial charge in [-0.3, -0.25) is 14.6 Å². The molecule has 0 aliphatic carbocycles. The van der Waals surface area contributed by atoms with Crippen molar-refractivity contribution in [2.45, 2.75) is 31.7 Å². The van der Waals surface area contributed by atoms with Crippen molar-refractivity contribution in [3.63, 3.8) is 0 Å². The summed E-state index contributed by atoms with van der Waals surface area (Å²) in [6, 6.07) is 13.1. The van der Waals surface area contributed by atoms with Crippen LogP contribution in [0.5, 0.6) is 0 Å². The maximum atomic E-state index is 14.8. The monoisotopic (exact) mass is 458 g/mol. The van der Waals surface area contributed by atoms with Gasteiger partial charge in [-0.1, -0.05) is 6.07 Å². The SMILES string of the molecule is CC(=O)N1CC(F)CC1(C(=O)NCc1ccncc1)n1ccc2cc(-c3ccnnc3)ccc21. The highest BCUT2D eigenvalue weighted by atomic mass is 19.1. The van der Waals surface area contributed by atoms with E-state index in [1.54, 1.807) is 47.7 Å². The predicted molar refractivity (Wildman–Crippen MR) is 124 cm³/mol. The summed E-state index contributed by atoms with van der Waals surface area (Å²) in [7, 11) is 0. The van der Waals surface area contributed by atoms with Crippen molar-refractivity contribution >= 4 is 22.7 Å². The summed E-state index contributed by atoms with van der Waals surface area (Å²) in [6.45, 7) is 1.46. The van der Waals surface area contributed by atoms with Crippen LogP contribution in [-0.4, -0.2) is 49.2 Å². The largest absolute Gasteiger partial charge is 0.348 e. The first-order chi connectivity index (χ1) is 16.5. The van der Waals surface area contributed by atoms with E-state index in [0.29, 0.717) is 0 Å². The number of rotatable bonds is 5. The van der Waals surface area contributed by atoms with Gasteiger partial charge in [0.15, 0.2) is 0 Å². The molecule has 0 bridgehead atoms. The van der Waals surface area contributed by atoms with E-state index in [0.717, 1.165) is 27.6 Å². The number of carbonyl (C=O) groups excluding carboxylic acids is 2. The molecule has 1 aliphatic rings. The van der Waals surface area contributed by atoms with Crippen LogP contribution in [0.4, 0.5) is 4.39 Å². The zero-order chi connectivity index (χ0) is 23.7.